The van der Waals surface area contributed by atoms with E-state index in [2.05, 4.69) is 41.9 Å². The van der Waals surface area contributed by atoms with Crippen molar-refractivity contribution < 1.29 is 4.39 Å². The summed E-state index contributed by atoms with van der Waals surface area (Å²) in [4.78, 5) is 0. The highest BCUT2D eigenvalue weighted by Gasteiger charge is 2.10. The summed E-state index contributed by atoms with van der Waals surface area (Å²) in [5, 5.41) is 7.13. The van der Waals surface area contributed by atoms with Crippen molar-refractivity contribution >= 4 is 21.4 Å². The minimum Gasteiger partial charge on any atom is -0.310 e. The molecule has 0 aliphatic heterocycles. The van der Waals surface area contributed by atoms with Crippen molar-refractivity contribution in [3.63, 3.8) is 0 Å². The highest BCUT2D eigenvalue weighted by atomic mass is 32.1. The SMILES string of the molecule is CC(NCCc1ccc(F)cc1)c1csc2ccccc12. The Hall–Kier alpha value is -1.71. The fraction of sp³-hybridized carbons (Fsp3) is 0.222. The van der Waals surface area contributed by atoms with Crippen LogP contribution in [0.5, 0.6) is 0 Å². The lowest BCUT2D eigenvalue weighted by Gasteiger charge is -2.13. The maximum Gasteiger partial charge on any atom is 0.123 e. The van der Waals surface area contributed by atoms with Crippen molar-refractivity contribution in [2.24, 2.45) is 0 Å². The van der Waals surface area contributed by atoms with Crippen LogP contribution in [0.4, 0.5) is 4.39 Å². The van der Waals surface area contributed by atoms with Crippen LogP contribution in [0.3, 0.4) is 0 Å². The van der Waals surface area contributed by atoms with Gasteiger partial charge in [0.15, 0.2) is 0 Å². The summed E-state index contributed by atoms with van der Waals surface area (Å²) in [6.07, 6.45) is 0.909. The zero-order valence-corrected chi connectivity index (χ0v) is 12.8. The first kappa shape index (κ1) is 14.2. The van der Waals surface area contributed by atoms with Gasteiger partial charge in [-0.15, -0.1) is 11.3 Å². The van der Waals surface area contributed by atoms with Gasteiger partial charge in [-0.25, -0.2) is 4.39 Å². The first-order valence-electron chi connectivity index (χ1n) is 7.18. The average molecular weight is 299 g/mol. The predicted molar refractivity (Wildman–Crippen MR) is 88.3 cm³/mol. The Morgan fingerprint density at radius 2 is 1.86 bits per heavy atom. The van der Waals surface area contributed by atoms with E-state index in [-0.39, 0.29) is 5.82 Å². The van der Waals surface area contributed by atoms with Gasteiger partial charge in [-0.05, 0) is 60.0 Å². The summed E-state index contributed by atoms with van der Waals surface area (Å²) in [6, 6.07) is 15.6. The van der Waals surface area contributed by atoms with E-state index in [0.717, 1.165) is 18.5 Å². The summed E-state index contributed by atoms with van der Waals surface area (Å²) in [5.74, 6) is -0.176. The van der Waals surface area contributed by atoms with Crippen LogP contribution in [0.25, 0.3) is 10.1 Å². The normalized spacial score (nSPS) is 12.7. The van der Waals surface area contributed by atoms with Gasteiger partial charge >= 0.3 is 0 Å². The first-order valence-corrected chi connectivity index (χ1v) is 8.06. The van der Waals surface area contributed by atoms with Crippen LogP contribution in [0, 0.1) is 5.82 Å². The third-order valence-electron chi connectivity index (χ3n) is 3.75. The minimum absolute atomic E-state index is 0.176. The molecule has 0 radical (unpaired) electrons. The number of halogens is 1. The number of nitrogens with one attached hydrogen (secondary N) is 1. The molecule has 1 heterocycles. The molecule has 1 unspecified atom stereocenters. The Balaban J connectivity index is 1.61. The van der Waals surface area contributed by atoms with E-state index < -0.39 is 0 Å². The highest BCUT2D eigenvalue weighted by molar-refractivity contribution is 7.17. The molecule has 21 heavy (non-hydrogen) atoms. The van der Waals surface area contributed by atoms with Crippen LogP contribution >= 0.6 is 11.3 Å². The second-order valence-corrected chi connectivity index (χ2v) is 6.15. The van der Waals surface area contributed by atoms with Gasteiger partial charge in [0.05, 0.1) is 0 Å². The van der Waals surface area contributed by atoms with Crippen molar-refractivity contribution in [1.82, 2.24) is 5.32 Å². The second kappa shape index (κ2) is 6.37. The fourth-order valence-electron chi connectivity index (χ4n) is 2.53. The number of rotatable bonds is 5. The van der Waals surface area contributed by atoms with Crippen molar-refractivity contribution in [2.45, 2.75) is 19.4 Å². The molecule has 0 aliphatic carbocycles. The number of hydrogen-bond acceptors (Lipinski definition) is 2. The lowest BCUT2D eigenvalue weighted by atomic mass is 10.1. The molecule has 1 N–H and O–H groups in total. The first-order chi connectivity index (χ1) is 10.2. The number of benzene rings is 2. The molecule has 3 heteroatoms. The van der Waals surface area contributed by atoms with E-state index in [4.69, 9.17) is 0 Å². The van der Waals surface area contributed by atoms with Crippen molar-refractivity contribution in [3.05, 3.63) is 70.9 Å². The van der Waals surface area contributed by atoms with Gasteiger partial charge in [-0.1, -0.05) is 30.3 Å². The molecule has 0 spiro atoms. The smallest absolute Gasteiger partial charge is 0.123 e. The van der Waals surface area contributed by atoms with Crippen molar-refractivity contribution in [3.8, 4) is 0 Å². The molecule has 0 saturated heterocycles. The average Bonchev–Trinajstić information content (AvgIpc) is 2.93. The zero-order chi connectivity index (χ0) is 14.7. The van der Waals surface area contributed by atoms with Gasteiger partial charge in [0.25, 0.3) is 0 Å². The molecule has 1 atom stereocenters. The summed E-state index contributed by atoms with van der Waals surface area (Å²) in [6.45, 7) is 3.08. The third kappa shape index (κ3) is 3.31. The largest absolute Gasteiger partial charge is 0.310 e. The van der Waals surface area contributed by atoms with Crippen LogP contribution in [-0.4, -0.2) is 6.54 Å². The number of thiophene rings is 1. The summed E-state index contributed by atoms with van der Waals surface area (Å²) in [7, 11) is 0. The second-order valence-electron chi connectivity index (χ2n) is 5.24. The Kier molecular flexibility index (Phi) is 4.32. The van der Waals surface area contributed by atoms with Gasteiger partial charge in [0.2, 0.25) is 0 Å². The quantitative estimate of drug-likeness (QED) is 0.704. The van der Waals surface area contributed by atoms with Crippen LogP contribution in [0.1, 0.15) is 24.1 Å². The molecule has 108 valence electrons. The summed E-state index contributed by atoms with van der Waals surface area (Å²) >= 11 is 1.79. The van der Waals surface area contributed by atoms with E-state index >= 15 is 0 Å². The molecular formula is C18H18FNS. The van der Waals surface area contributed by atoms with Gasteiger partial charge in [0.1, 0.15) is 5.82 Å². The van der Waals surface area contributed by atoms with Crippen molar-refractivity contribution in [1.29, 1.82) is 0 Å². The van der Waals surface area contributed by atoms with Crippen LogP contribution in [-0.2, 0) is 6.42 Å². The number of fused-ring (bicyclic) bond motifs is 1. The van der Waals surface area contributed by atoms with Gasteiger partial charge in [-0.3, -0.25) is 0 Å². The summed E-state index contributed by atoms with van der Waals surface area (Å²) < 4.78 is 14.2. The lowest BCUT2D eigenvalue weighted by Crippen LogP contribution is -2.21. The maximum absolute atomic E-state index is 12.9. The Bertz CT molecular complexity index is 717. The molecule has 1 nitrogen and oxygen atoms in total. The zero-order valence-electron chi connectivity index (χ0n) is 12.0. The minimum atomic E-state index is -0.176. The van der Waals surface area contributed by atoms with Crippen LogP contribution < -0.4 is 5.32 Å². The maximum atomic E-state index is 12.9. The number of hydrogen-bond donors (Lipinski definition) is 1. The molecular weight excluding hydrogens is 281 g/mol. The van der Waals surface area contributed by atoms with Gasteiger partial charge < -0.3 is 5.32 Å². The van der Waals surface area contributed by atoms with E-state index in [1.807, 2.05) is 12.1 Å². The predicted octanol–water partition coefficient (Wildman–Crippen LogP) is 4.93. The molecule has 1 aromatic heterocycles. The highest BCUT2D eigenvalue weighted by Crippen LogP contribution is 2.29. The molecule has 0 aliphatic rings. The molecule has 3 aromatic rings. The molecule has 2 aromatic carbocycles. The van der Waals surface area contributed by atoms with Crippen LogP contribution in [0.2, 0.25) is 0 Å². The Morgan fingerprint density at radius 3 is 2.67 bits per heavy atom. The van der Waals surface area contributed by atoms with E-state index in [0.29, 0.717) is 6.04 Å². The monoisotopic (exact) mass is 299 g/mol. The Labute approximate surface area is 128 Å². The van der Waals surface area contributed by atoms with Crippen molar-refractivity contribution in [2.75, 3.05) is 6.54 Å². The summed E-state index contributed by atoms with van der Waals surface area (Å²) in [5.41, 5.74) is 2.51. The molecule has 0 bridgehead atoms. The van der Waals surface area contributed by atoms with Gasteiger partial charge in [0, 0.05) is 10.7 Å². The van der Waals surface area contributed by atoms with Gasteiger partial charge in [-0.2, -0.15) is 0 Å². The lowest BCUT2D eigenvalue weighted by molar-refractivity contribution is 0.580. The third-order valence-corrected chi connectivity index (χ3v) is 4.74. The fourth-order valence-corrected chi connectivity index (χ4v) is 3.58. The standard InChI is InChI=1S/C18H18FNS/c1-13(17-12-21-18-5-3-2-4-16(17)18)20-11-10-14-6-8-15(19)9-7-14/h2-9,12-13,20H,10-11H2,1H3. The van der Waals surface area contributed by atoms with E-state index in [1.54, 1.807) is 11.3 Å². The van der Waals surface area contributed by atoms with E-state index in [9.17, 15) is 4.39 Å². The Morgan fingerprint density at radius 1 is 1.10 bits per heavy atom. The molecule has 0 saturated carbocycles. The molecule has 0 fully saturated rings. The topological polar surface area (TPSA) is 12.0 Å². The molecule has 0 amide bonds. The molecule has 3 rings (SSSR count). The van der Waals surface area contributed by atoms with Crippen LogP contribution in [0.15, 0.2) is 53.9 Å². The van der Waals surface area contributed by atoms with E-state index in [1.165, 1.54) is 27.8 Å².